The van der Waals surface area contributed by atoms with E-state index in [1.54, 1.807) is 0 Å². The minimum atomic E-state index is 0. The first-order chi connectivity index (χ1) is 16.1. The Morgan fingerprint density at radius 1 is 0.432 bits per heavy atom. The van der Waals surface area contributed by atoms with Gasteiger partial charge in [0.25, 0.3) is 0 Å². The van der Waals surface area contributed by atoms with Crippen molar-refractivity contribution in [3.63, 3.8) is 0 Å². The third-order valence-electron chi connectivity index (χ3n) is 6.93. The van der Waals surface area contributed by atoms with Gasteiger partial charge >= 0.3 is 26.2 Å². The zero-order valence-corrected chi connectivity index (χ0v) is 26.5. The van der Waals surface area contributed by atoms with E-state index in [2.05, 4.69) is 139 Å². The minimum Gasteiger partial charge on any atom is -1.00 e. The van der Waals surface area contributed by atoms with Crippen LogP contribution in [0.4, 0.5) is 0 Å². The summed E-state index contributed by atoms with van der Waals surface area (Å²) in [6, 6.07) is 35.2. The molecule has 0 atom stereocenters. The molecule has 0 aliphatic rings. The monoisotopic (exact) mass is 602 g/mol. The van der Waals surface area contributed by atoms with Crippen LogP contribution in [0.15, 0.2) is 97.1 Å². The molecule has 0 amide bonds. The maximum absolute atomic E-state index is 2.32. The molecular formula is C34H34Cl2Zr. The van der Waals surface area contributed by atoms with Gasteiger partial charge in [-0.05, 0) is 10.8 Å². The van der Waals surface area contributed by atoms with Crippen molar-refractivity contribution < 1.29 is 51.0 Å². The van der Waals surface area contributed by atoms with E-state index in [-0.39, 0.29) is 61.8 Å². The first-order valence-electron chi connectivity index (χ1n) is 12.3. The Bertz CT molecular complexity index is 1500. The van der Waals surface area contributed by atoms with E-state index in [1.165, 1.54) is 54.2 Å². The van der Waals surface area contributed by atoms with Crippen LogP contribution in [0.5, 0.6) is 0 Å². The summed E-state index contributed by atoms with van der Waals surface area (Å²) in [7, 11) is 0. The fraction of sp³-hybridized carbons (Fsp3) is 0.235. The first kappa shape index (κ1) is 31.3. The van der Waals surface area contributed by atoms with Gasteiger partial charge in [0.15, 0.2) is 0 Å². The molecule has 0 saturated carbocycles. The van der Waals surface area contributed by atoms with Gasteiger partial charge in [0.05, 0.1) is 0 Å². The van der Waals surface area contributed by atoms with E-state index in [4.69, 9.17) is 0 Å². The van der Waals surface area contributed by atoms with Gasteiger partial charge in [-0.1, -0.05) is 125 Å². The average Bonchev–Trinajstić information content (AvgIpc) is 3.36. The molecule has 37 heavy (non-hydrogen) atoms. The summed E-state index contributed by atoms with van der Waals surface area (Å²) in [5.74, 6) is 0. The van der Waals surface area contributed by atoms with Crippen LogP contribution < -0.4 is 24.8 Å². The molecule has 0 saturated heterocycles. The number of hydrogen-bond acceptors (Lipinski definition) is 0. The summed E-state index contributed by atoms with van der Waals surface area (Å²) < 4.78 is 0. The second-order valence-electron chi connectivity index (χ2n) is 11.5. The summed E-state index contributed by atoms with van der Waals surface area (Å²) >= 11 is 0. The van der Waals surface area contributed by atoms with Gasteiger partial charge < -0.3 is 24.8 Å². The molecule has 0 unspecified atom stereocenters. The second-order valence-corrected chi connectivity index (χ2v) is 11.5. The van der Waals surface area contributed by atoms with Gasteiger partial charge in [-0.15, -0.1) is 67.4 Å². The van der Waals surface area contributed by atoms with Crippen LogP contribution >= 0.6 is 0 Å². The van der Waals surface area contributed by atoms with Crippen molar-refractivity contribution in [3.8, 4) is 0 Å². The van der Waals surface area contributed by atoms with E-state index < -0.39 is 0 Å². The summed E-state index contributed by atoms with van der Waals surface area (Å²) in [6.07, 6.45) is 0. The number of halogens is 2. The Hall–Kier alpha value is -1.92. The van der Waals surface area contributed by atoms with Gasteiger partial charge in [0, 0.05) is 0 Å². The first-order valence-corrected chi connectivity index (χ1v) is 12.3. The standard InChI is InChI=1S/2C17H17.2ClH.Zr/c2*1-17(2,3)16-10-6-9-14-13-8-5-4-7-12(13)11-15(14)16;;;/h2*4-11H,1-3H3;2*1H;/q2*-1;;;+4/p-2. The minimum absolute atomic E-state index is 0. The smallest absolute Gasteiger partial charge is 1.00 e. The Morgan fingerprint density at radius 3 is 1.11 bits per heavy atom. The van der Waals surface area contributed by atoms with E-state index in [0.717, 1.165) is 0 Å². The average molecular weight is 605 g/mol. The predicted molar refractivity (Wildman–Crippen MR) is 151 cm³/mol. The number of benzene rings is 4. The predicted octanol–water partition coefficient (Wildman–Crippen LogP) is 4.02. The molecule has 0 aromatic heterocycles. The van der Waals surface area contributed by atoms with Crippen molar-refractivity contribution in [2.75, 3.05) is 0 Å². The maximum atomic E-state index is 2.32. The molecule has 0 aliphatic heterocycles. The Labute approximate surface area is 253 Å². The summed E-state index contributed by atoms with van der Waals surface area (Å²) in [4.78, 5) is 0. The SMILES string of the molecule is CC(C)(C)c1cccc2c1[cH-]c1ccccc12.CC(C)(C)c1cccc2c1[cH-]c1ccccc12.[Cl-].[Cl-].[Zr+4]. The van der Waals surface area contributed by atoms with E-state index in [0.29, 0.717) is 0 Å². The van der Waals surface area contributed by atoms with Gasteiger partial charge in [0.2, 0.25) is 0 Å². The molecule has 6 aromatic rings. The fourth-order valence-electron chi connectivity index (χ4n) is 5.27. The molecule has 0 radical (unpaired) electrons. The Morgan fingerprint density at radius 2 is 0.757 bits per heavy atom. The van der Waals surface area contributed by atoms with Gasteiger partial charge in [0.1, 0.15) is 0 Å². The van der Waals surface area contributed by atoms with Crippen molar-refractivity contribution >= 4 is 43.1 Å². The quantitative estimate of drug-likeness (QED) is 0.230. The third kappa shape index (κ3) is 6.06. The molecule has 0 spiro atoms. The second kappa shape index (κ2) is 11.9. The maximum Gasteiger partial charge on any atom is 4.00 e. The van der Waals surface area contributed by atoms with Crippen molar-refractivity contribution in [1.29, 1.82) is 0 Å². The molecule has 3 heteroatoms. The van der Waals surface area contributed by atoms with Gasteiger partial charge in [-0.2, -0.15) is 0 Å². The molecule has 6 aromatic carbocycles. The summed E-state index contributed by atoms with van der Waals surface area (Å²) in [5.41, 5.74) is 3.27. The Balaban J connectivity index is 0.000000241. The number of hydrogen-bond donors (Lipinski definition) is 0. The van der Waals surface area contributed by atoms with E-state index in [9.17, 15) is 0 Å². The zero-order chi connectivity index (χ0) is 24.1. The normalized spacial score (nSPS) is 11.4. The van der Waals surface area contributed by atoms with Crippen molar-refractivity contribution in [2.24, 2.45) is 0 Å². The summed E-state index contributed by atoms with van der Waals surface area (Å²) in [6.45, 7) is 13.7. The van der Waals surface area contributed by atoms with E-state index in [1.807, 2.05) is 0 Å². The van der Waals surface area contributed by atoms with Crippen LogP contribution in [-0.4, -0.2) is 0 Å². The molecule has 188 valence electrons. The van der Waals surface area contributed by atoms with Crippen LogP contribution in [-0.2, 0) is 37.0 Å². The topological polar surface area (TPSA) is 0 Å². The van der Waals surface area contributed by atoms with Crippen molar-refractivity contribution in [3.05, 3.63) is 108 Å². The molecule has 0 bridgehead atoms. The van der Waals surface area contributed by atoms with Gasteiger partial charge in [-0.3, -0.25) is 0 Å². The third-order valence-corrected chi connectivity index (χ3v) is 6.93. The van der Waals surface area contributed by atoms with Crippen LogP contribution in [0.1, 0.15) is 52.7 Å². The molecular weight excluding hydrogens is 571 g/mol. The van der Waals surface area contributed by atoms with Gasteiger partial charge in [-0.25, -0.2) is 0 Å². The molecule has 0 heterocycles. The van der Waals surface area contributed by atoms with Crippen LogP contribution in [0.25, 0.3) is 43.1 Å². The molecule has 6 rings (SSSR count). The zero-order valence-electron chi connectivity index (χ0n) is 22.5. The van der Waals surface area contributed by atoms with E-state index >= 15 is 0 Å². The number of rotatable bonds is 0. The molecule has 0 N–H and O–H groups in total. The molecule has 0 fully saturated rings. The van der Waals surface area contributed by atoms with Crippen molar-refractivity contribution in [2.45, 2.75) is 52.4 Å². The fourth-order valence-corrected chi connectivity index (χ4v) is 5.27. The summed E-state index contributed by atoms with van der Waals surface area (Å²) in [5, 5.41) is 11.0. The van der Waals surface area contributed by atoms with Crippen LogP contribution in [0, 0.1) is 0 Å². The van der Waals surface area contributed by atoms with Crippen LogP contribution in [0.2, 0.25) is 0 Å². The molecule has 0 aliphatic carbocycles. The molecule has 0 nitrogen and oxygen atoms in total. The Kier molecular flexibility index (Phi) is 10.0. The van der Waals surface area contributed by atoms with Crippen LogP contribution in [0.3, 0.4) is 0 Å². The van der Waals surface area contributed by atoms with Crippen molar-refractivity contribution in [1.82, 2.24) is 0 Å². The largest absolute Gasteiger partial charge is 4.00 e. The number of fused-ring (bicyclic) bond motifs is 6.